The highest BCUT2D eigenvalue weighted by Gasteiger charge is 2.09. The van der Waals surface area contributed by atoms with Gasteiger partial charge < -0.3 is 33.5 Å². The molecule has 0 spiro atoms. The second kappa shape index (κ2) is 24.5. The van der Waals surface area contributed by atoms with Gasteiger partial charge in [-0.25, -0.2) is 0 Å². The molecule has 0 amide bonds. The molecule has 46 heavy (non-hydrogen) atoms. The summed E-state index contributed by atoms with van der Waals surface area (Å²) in [5.74, 6) is 1.78. The summed E-state index contributed by atoms with van der Waals surface area (Å²) in [5.41, 5.74) is 2.28. The molecule has 0 aliphatic rings. The molecule has 0 radical (unpaired) electrons. The maximum Gasteiger partial charge on any atom is 0.119 e. The van der Waals surface area contributed by atoms with E-state index < -0.39 is 0 Å². The van der Waals surface area contributed by atoms with Gasteiger partial charge in [0, 0.05) is 26.1 Å². The molecule has 248 valence electrons. The Hall–Kier alpha value is -3.72. The van der Waals surface area contributed by atoms with Gasteiger partial charge in [0.05, 0.1) is 52.4 Å². The van der Waals surface area contributed by atoms with Crippen LogP contribution in [0, 0.1) is 0 Å². The van der Waals surface area contributed by atoms with Crippen molar-refractivity contribution in [1.29, 1.82) is 0 Å². The number of aliphatic hydroxyl groups excluding tert-OH is 1. The minimum atomic E-state index is -0.301. The van der Waals surface area contributed by atoms with Crippen molar-refractivity contribution in [3.63, 3.8) is 0 Å². The predicted molar refractivity (Wildman–Crippen MR) is 182 cm³/mol. The average Bonchev–Trinajstić information content (AvgIpc) is 3.12. The average molecular weight is 631 g/mol. The van der Waals surface area contributed by atoms with Crippen LogP contribution in [0.5, 0.6) is 11.5 Å². The number of ether oxygens (including phenoxy) is 6. The van der Waals surface area contributed by atoms with Crippen LogP contribution >= 0.6 is 0 Å². The van der Waals surface area contributed by atoms with E-state index in [1.165, 1.54) is 5.56 Å². The Morgan fingerprint density at radius 1 is 0.500 bits per heavy atom. The van der Waals surface area contributed by atoms with Crippen molar-refractivity contribution < 1.29 is 33.5 Å². The lowest BCUT2D eigenvalue weighted by Crippen LogP contribution is -2.24. The third-order valence-corrected chi connectivity index (χ3v) is 6.81. The summed E-state index contributed by atoms with van der Waals surface area (Å²) in [4.78, 5) is 0. The van der Waals surface area contributed by atoms with Gasteiger partial charge in [-0.1, -0.05) is 104 Å². The summed E-state index contributed by atoms with van der Waals surface area (Å²) in [6.45, 7) is 6.76. The fourth-order valence-electron chi connectivity index (χ4n) is 4.18. The molecule has 0 fully saturated rings. The highest BCUT2D eigenvalue weighted by atomic mass is 16.5. The van der Waals surface area contributed by atoms with Crippen LogP contribution < -0.4 is 9.47 Å². The lowest BCUT2D eigenvalue weighted by atomic mass is 10.2. The topological polar surface area (TPSA) is 75.6 Å². The summed E-state index contributed by atoms with van der Waals surface area (Å²) in [6, 6.07) is 39.7. The van der Waals surface area contributed by atoms with Crippen molar-refractivity contribution in [3.05, 3.63) is 132 Å². The molecule has 0 aliphatic carbocycles. The van der Waals surface area contributed by atoms with Crippen molar-refractivity contribution in [2.45, 2.75) is 51.6 Å². The van der Waals surface area contributed by atoms with Crippen LogP contribution in [-0.2, 0) is 32.2 Å². The number of hydrogen-bond donors (Lipinski definition) is 1. The highest BCUT2D eigenvalue weighted by molar-refractivity contribution is 5.21. The largest absolute Gasteiger partial charge is 0.494 e. The highest BCUT2D eigenvalue weighted by Crippen LogP contribution is 2.10. The van der Waals surface area contributed by atoms with Crippen molar-refractivity contribution >= 4 is 0 Å². The third kappa shape index (κ3) is 17.1. The van der Waals surface area contributed by atoms with Crippen molar-refractivity contribution in [1.82, 2.24) is 0 Å². The molecule has 0 heterocycles. The number of para-hydroxylation sites is 2. The second-order valence-corrected chi connectivity index (χ2v) is 10.6. The van der Waals surface area contributed by atoms with Crippen molar-refractivity contribution in [2.24, 2.45) is 0 Å². The van der Waals surface area contributed by atoms with Crippen LogP contribution in [0.2, 0.25) is 0 Å². The Kier molecular flexibility index (Phi) is 19.6. The van der Waals surface area contributed by atoms with Gasteiger partial charge >= 0.3 is 0 Å². The van der Waals surface area contributed by atoms with Crippen molar-refractivity contribution in [2.75, 3.05) is 46.2 Å². The zero-order chi connectivity index (χ0) is 32.3. The molecule has 0 aromatic heterocycles. The number of hydrogen-bond acceptors (Lipinski definition) is 7. The Labute approximate surface area is 275 Å². The van der Waals surface area contributed by atoms with Crippen LogP contribution in [0.15, 0.2) is 121 Å². The lowest BCUT2D eigenvalue weighted by molar-refractivity contribution is -0.0509. The van der Waals surface area contributed by atoms with E-state index in [0.29, 0.717) is 52.9 Å². The van der Waals surface area contributed by atoms with Gasteiger partial charge in [0.1, 0.15) is 17.6 Å². The summed E-state index contributed by atoms with van der Waals surface area (Å²) >= 11 is 0. The molecule has 1 N–H and O–H groups in total. The fourth-order valence-corrected chi connectivity index (χ4v) is 4.18. The van der Waals surface area contributed by atoms with Crippen LogP contribution in [0.1, 0.15) is 37.3 Å². The maximum absolute atomic E-state index is 9.33. The summed E-state index contributed by atoms with van der Waals surface area (Å²) in [5, 5.41) is 9.33. The van der Waals surface area contributed by atoms with Gasteiger partial charge in [-0.05, 0) is 41.8 Å². The SMILES string of the molecule is CC[C@H](COCCCOc1ccccc1)OCc1ccccc1.OC[C@H](COCCCOc1ccccc1)OCc1ccccc1. The molecule has 0 saturated carbocycles. The van der Waals surface area contributed by atoms with Crippen LogP contribution in [0.25, 0.3) is 0 Å². The number of aliphatic hydroxyl groups is 1. The molecule has 0 saturated heterocycles. The smallest absolute Gasteiger partial charge is 0.119 e. The minimum absolute atomic E-state index is 0.0483. The lowest BCUT2D eigenvalue weighted by Gasteiger charge is -2.16. The van der Waals surface area contributed by atoms with Crippen LogP contribution in [0.3, 0.4) is 0 Å². The number of rotatable bonds is 22. The van der Waals surface area contributed by atoms with E-state index in [1.54, 1.807) is 0 Å². The van der Waals surface area contributed by atoms with E-state index >= 15 is 0 Å². The third-order valence-electron chi connectivity index (χ3n) is 6.81. The maximum atomic E-state index is 9.33. The molecular weight excluding hydrogens is 580 g/mol. The minimum Gasteiger partial charge on any atom is -0.494 e. The molecule has 0 unspecified atom stereocenters. The Morgan fingerprint density at radius 2 is 0.891 bits per heavy atom. The first kappa shape index (κ1) is 36.7. The molecule has 7 nitrogen and oxygen atoms in total. The summed E-state index contributed by atoms with van der Waals surface area (Å²) in [6.07, 6.45) is 2.47. The second-order valence-electron chi connectivity index (χ2n) is 10.6. The van der Waals surface area contributed by atoms with E-state index in [1.807, 2.05) is 109 Å². The van der Waals surface area contributed by atoms with Gasteiger partial charge in [-0.3, -0.25) is 0 Å². The van der Waals surface area contributed by atoms with Gasteiger partial charge in [-0.2, -0.15) is 0 Å². The predicted octanol–water partition coefficient (Wildman–Crippen LogP) is 7.52. The number of benzene rings is 4. The van der Waals surface area contributed by atoms with Crippen molar-refractivity contribution in [3.8, 4) is 11.5 Å². The Morgan fingerprint density at radius 3 is 1.30 bits per heavy atom. The summed E-state index contributed by atoms with van der Waals surface area (Å²) < 4.78 is 34.0. The first-order chi connectivity index (χ1) is 22.8. The van der Waals surface area contributed by atoms with Crippen LogP contribution in [-0.4, -0.2) is 63.6 Å². The molecule has 2 atom stereocenters. The normalized spacial score (nSPS) is 12.0. The van der Waals surface area contributed by atoms with Gasteiger partial charge in [0.25, 0.3) is 0 Å². The van der Waals surface area contributed by atoms with E-state index in [4.69, 9.17) is 28.4 Å². The zero-order valence-electron chi connectivity index (χ0n) is 27.1. The van der Waals surface area contributed by atoms with E-state index in [2.05, 4.69) is 19.1 Å². The van der Waals surface area contributed by atoms with Gasteiger partial charge in [0.2, 0.25) is 0 Å². The molecule has 0 bridgehead atoms. The molecule has 4 aromatic carbocycles. The molecular formula is C39H50O7. The first-order valence-electron chi connectivity index (χ1n) is 16.2. The molecule has 7 heteroatoms. The Balaban J connectivity index is 0.000000250. The first-order valence-corrected chi connectivity index (χ1v) is 16.2. The van der Waals surface area contributed by atoms with E-state index in [0.717, 1.165) is 36.3 Å². The van der Waals surface area contributed by atoms with Gasteiger partial charge in [0.15, 0.2) is 0 Å². The monoisotopic (exact) mass is 630 g/mol. The zero-order valence-corrected chi connectivity index (χ0v) is 27.1. The van der Waals surface area contributed by atoms with Crippen LogP contribution in [0.4, 0.5) is 0 Å². The summed E-state index contributed by atoms with van der Waals surface area (Å²) in [7, 11) is 0. The van der Waals surface area contributed by atoms with E-state index in [-0.39, 0.29) is 18.8 Å². The quantitative estimate of drug-likeness (QED) is 0.0901. The van der Waals surface area contributed by atoms with E-state index in [9.17, 15) is 5.11 Å². The van der Waals surface area contributed by atoms with Gasteiger partial charge in [-0.15, -0.1) is 0 Å². The standard InChI is InChI=1S/C20H26O3.C19H24O4/c1-2-19(23-16-18-10-5-3-6-11-18)17-21-14-9-15-22-20-12-7-4-8-13-20;20-14-19(23-15-17-8-3-1-4-9-17)16-21-12-7-13-22-18-10-5-2-6-11-18/h3-8,10-13,19H,2,9,14-17H2,1H3;1-6,8-11,19-20H,7,12-16H2/t2*19-/m11/s1. The molecule has 4 rings (SSSR count). The Bertz CT molecular complexity index is 1130. The fraction of sp³-hybridized carbons (Fsp3) is 0.385. The molecule has 4 aromatic rings. The molecule has 0 aliphatic heterocycles.